The van der Waals surface area contributed by atoms with Gasteiger partial charge in [-0.2, -0.15) is 9.59 Å². The Morgan fingerprint density at radius 1 is 1.06 bits per heavy atom. The summed E-state index contributed by atoms with van der Waals surface area (Å²) in [6, 6.07) is 19.2. The number of benzene rings is 2. The molecule has 1 aliphatic carbocycles. The van der Waals surface area contributed by atoms with Crippen LogP contribution in [0.5, 0.6) is 0 Å². The van der Waals surface area contributed by atoms with Gasteiger partial charge >= 0.3 is 18.1 Å². The molecule has 0 bridgehead atoms. The maximum Gasteiger partial charge on any atom is 0.373 e. The van der Waals surface area contributed by atoms with Crippen LogP contribution in [0, 0.1) is 0 Å². The van der Waals surface area contributed by atoms with Gasteiger partial charge in [-0.25, -0.2) is 9.59 Å². The monoisotopic (exact) mass is 469 g/mol. The van der Waals surface area contributed by atoms with Crippen molar-refractivity contribution in [2.45, 2.75) is 58.5 Å². The molecule has 0 spiro atoms. The summed E-state index contributed by atoms with van der Waals surface area (Å²) >= 11 is 0. The molecular weight excluding hydrogens is 434 g/mol. The molecule has 1 fully saturated rings. The van der Waals surface area contributed by atoms with E-state index in [9.17, 15) is 9.59 Å². The van der Waals surface area contributed by atoms with E-state index in [2.05, 4.69) is 54.4 Å². The van der Waals surface area contributed by atoms with Crippen molar-refractivity contribution in [2.24, 2.45) is 0 Å². The zero-order valence-electron chi connectivity index (χ0n) is 18.9. The number of rotatable bonds is 7. The molecule has 7 nitrogen and oxygen atoms in total. The Morgan fingerprint density at radius 3 is 2.06 bits per heavy atom. The molecule has 34 heavy (non-hydrogen) atoms. The van der Waals surface area contributed by atoms with E-state index < -0.39 is 5.97 Å². The molecule has 0 aromatic heterocycles. The number of carboxylic acids is 1. The van der Waals surface area contributed by atoms with E-state index in [1.807, 2.05) is 19.1 Å². The van der Waals surface area contributed by atoms with Crippen LogP contribution >= 0.6 is 0 Å². The Morgan fingerprint density at radius 2 is 1.59 bits per heavy atom. The van der Waals surface area contributed by atoms with Gasteiger partial charge in [-0.3, -0.25) is 0 Å². The SMILES string of the molecule is C.C=CC(=O)O.CCOC(=O)c1ccc(C2CCC(NCc3ccccc3)CC2)cc1.O=C=O. The lowest BCUT2D eigenvalue weighted by Gasteiger charge is -2.29. The fourth-order valence-electron chi connectivity index (χ4n) is 3.59. The number of ether oxygens (including phenoxy) is 1. The van der Waals surface area contributed by atoms with E-state index in [1.54, 1.807) is 0 Å². The lowest BCUT2D eigenvalue weighted by Crippen LogP contribution is -2.32. The maximum absolute atomic E-state index is 11.7. The third-order valence-electron chi connectivity index (χ3n) is 5.23. The van der Waals surface area contributed by atoms with Gasteiger partial charge in [0.2, 0.25) is 0 Å². The van der Waals surface area contributed by atoms with Crippen LogP contribution < -0.4 is 5.32 Å². The Bertz CT molecular complexity index is 881. The average molecular weight is 470 g/mol. The Kier molecular flexibility index (Phi) is 16.1. The van der Waals surface area contributed by atoms with Crippen LogP contribution in [0.4, 0.5) is 0 Å². The molecule has 0 unspecified atom stereocenters. The molecule has 0 saturated heterocycles. The van der Waals surface area contributed by atoms with Crippen LogP contribution in [0.1, 0.15) is 67.4 Å². The third kappa shape index (κ3) is 11.9. The Labute approximate surface area is 201 Å². The predicted molar refractivity (Wildman–Crippen MR) is 130 cm³/mol. The van der Waals surface area contributed by atoms with Crippen LogP contribution in [-0.2, 0) is 25.7 Å². The molecule has 7 heteroatoms. The summed E-state index contributed by atoms with van der Waals surface area (Å²) in [6.45, 7) is 6.16. The number of carbonyl (C=O) groups is 2. The lowest BCUT2D eigenvalue weighted by molar-refractivity contribution is -0.191. The van der Waals surface area contributed by atoms with Crippen molar-refractivity contribution < 1.29 is 29.0 Å². The number of hydrogen-bond donors (Lipinski definition) is 2. The molecule has 3 rings (SSSR count). The van der Waals surface area contributed by atoms with Gasteiger partial charge in [-0.1, -0.05) is 56.5 Å². The fraction of sp³-hybridized carbons (Fsp3) is 0.370. The summed E-state index contributed by atoms with van der Waals surface area (Å²) in [6.07, 6.45) is 5.89. The van der Waals surface area contributed by atoms with Crippen molar-refractivity contribution in [3.63, 3.8) is 0 Å². The highest BCUT2D eigenvalue weighted by molar-refractivity contribution is 5.89. The molecule has 184 valence electrons. The van der Waals surface area contributed by atoms with Crippen molar-refractivity contribution in [1.29, 1.82) is 0 Å². The van der Waals surface area contributed by atoms with Gasteiger partial charge in [0.1, 0.15) is 0 Å². The molecule has 2 aromatic carbocycles. The topological polar surface area (TPSA) is 110 Å². The van der Waals surface area contributed by atoms with Gasteiger partial charge in [0.05, 0.1) is 12.2 Å². The molecule has 2 aromatic rings. The standard InChI is InChI=1S/C22H27NO2.C3H4O2.CO2.CH4/c1-2-25-22(24)20-10-8-18(9-11-20)19-12-14-21(15-13-19)23-16-17-6-4-3-5-7-17;1-2-3(4)5;2-1-3;/h3-11,19,21,23H,2,12-16H2,1H3;2H,1H2,(H,4,5);;1H4. The predicted octanol–water partition coefficient (Wildman–Crippen LogP) is 4.99. The highest BCUT2D eigenvalue weighted by atomic mass is 16.5. The van der Waals surface area contributed by atoms with E-state index in [0.29, 0.717) is 24.1 Å². The number of nitrogens with one attached hydrogen (secondary N) is 1. The Balaban J connectivity index is 0.00000106. The van der Waals surface area contributed by atoms with Crippen LogP contribution in [0.2, 0.25) is 0 Å². The second-order valence-electron chi connectivity index (χ2n) is 7.38. The quantitative estimate of drug-likeness (QED) is 0.434. The van der Waals surface area contributed by atoms with Crippen LogP contribution in [-0.4, -0.2) is 35.8 Å². The van der Waals surface area contributed by atoms with E-state index in [0.717, 1.165) is 12.6 Å². The normalized spacial score (nSPS) is 16.0. The summed E-state index contributed by atoms with van der Waals surface area (Å²) in [5.41, 5.74) is 3.33. The van der Waals surface area contributed by atoms with Crippen molar-refractivity contribution in [3.05, 3.63) is 83.9 Å². The van der Waals surface area contributed by atoms with Gasteiger partial charge < -0.3 is 15.2 Å². The van der Waals surface area contributed by atoms with E-state index in [1.165, 1.54) is 36.8 Å². The lowest BCUT2D eigenvalue weighted by atomic mass is 9.81. The minimum Gasteiger partial charge on any atom is -0.478 e. The van der Waals surface area contributed by atoms with Gasteiger partial charge in [0.15, 0.2) is 0 Å². The summed E-state index contributed by atoms with van der Waals surface area (Å²) in [5, 5.41) is 11.3. The van der Waals surface area contributed by atoms with Crippen LogP contribution in [0.15, 0.2) is 67.3 Å². The second-order valence-corrected chi connectivity index (χ2v) is 7.38. The van der Waals surface area contributed by atoms with Crippen LogP contribution in [0.3, 0.4) is 0 Å². The van der Waals surface area contributed by atoms with E-state index in [4.69, 9.17) is 19.4 Å². The van der Waals surface area contributed by atoms with E-state index >= 15 is 0 Å². The smallest absolute Gasteiger partial charge is 0.373 e. The van der Waals surface area contributed by atoms with Gasteiger partial charge in [0.25, 0.3) is 0 Å². The molecular formula is C27H35NO6. The molecule has 0 amide bonds. The first-order chi connectivity index (χ1) is 15.9. The largest absolute Gasteiger partial charge is 0.478 e. The first kappa shape index (κ1) is 30.5. The highest BCUT2D eigenvalue weighted by Crippen LogP contribution is 2.33. The number of esters is 1. The molecule has 0 atom stereocenters. The van der Waals surface area contributed by atoms with Crippen molar-refractivity contribution in [2.75, 3.05) is 6.61 Å². The van der Waals surface area contributed by atoms with Crippen molar-refractivity contribution >= 4 is 18.1 Å². The molecule has 0 radical (unpaired) electrons. The summed E-state index contributed by atoms with van der Waals surface area (Å²) < 4.78 is 5.04. The molecule has 1 saturated carbocycles. The summed E-state index contributed by atoms with van der Waals surface area (Å²) in [5.74, 6) is -0.612. The Hall–Kier alpha value is -3.54. The minimum atomic E-state index is -0.981. The van der Waals surface area contributed by atoms with Gasteiger partial charge in [0, 0.05) is 18.7 Å². The summed E-state index contributed by atoms with van der Waals surface area (Å²) in [7, 11) is 0. The zero-order chi connectivity index (χ0) is 24.5. The zero-order valence-corrected chi connectivity index (χ0v) is 18.9. The second kappa shape index (κ2) is 18.0. The highest BCUT2D eigenvalue weighted by Gasteiger charge is 2.22. The fourth-order valence-corrected chi connectivity index (χ4v) is 3.59. The third-order valence-corrected chi connectivity index (χ3v) is 5.23. The van der Waals surface area contributed by atoms with Crippen molar-refractivity contribution in [3.8, 4) is 0 Å². The van der Waals surface area contributed by atoms with Gasteiger partial charge in [-0.05, 0) is 61.8 Å². The molecule has 0 heterocycles. The van der Waals surface area contributed by atoms with E-state index in [-0.39, 0.29) is 19.5 Å². The van der Waals surface area contributed by atoms with Crippen molar-refractivity contribution in [1.82, 2.24) is 5.32 Å². The number of carboxylic acid groups (broad SMARTS) is 1. The van der Waals surface area contributed by atoms with Gasteiger partial charge in [-0.15, -0.1) is 0 Å². The van der Waals surface area contributed by atoms with Crippen LogP contribution in [0.25, 0.3) is 0 Å². The molecule has 2 N–H and O–H groups in total. The first-order valence-electron chi connectivity index (χ1n) is 10.8. The minimum absolute atomic E-state index is 0. The molecule has 1 aliphatic rings. The number of aliphatic carboxylic acids is 1. The maximum atomic E-state index is 11.7. The number of hydrogen-bond acceptors (Lipinski definition) is 6. The number of carbonyl (C=O) groups excluding carboxylic acids is 3. The summed E-state index contributed by atoms with van der Waals surface area (Å²) in [4.78, 5) is 37.2. The molecule has 0 aliphatic heterocycles. The first-order valence-corrected chi connectivity index (χ1v) is 10.8. The average Bonchev–Trinajstić information content (AvgIpc) is 2.85.